The minimum Gasteiger partial charge on any atom is -0.481 e. The topological polar surface area (TPSA) is 57.6 Å². The van der Waals surface area contributed by atoms with Gasteiger partial charge in [-0.25, -0.2) is 0 Å². The van der Waals surface area contributed by atoms with E-state index in [-0.39, 0.29) is 6.42 Å². The van der Waals surface area contributed by atoms with E-state index >= 15 is 0 Å². The lowest BCUT2D eigenvalue weighted by Gasteiger charge is -2.18. The van der Waals surface area contributed by atoms with Gasteiger partial charge in [0.05, 0.1) is 6.42 Å². The van der Waals surface area contributed by atoms with Crippen molar-refractivity contribution < 1.29 is 14.7 Å². The fraction of sp³-hybridized carbons (Fsp3) is 0.273. The highest BCUT2D eigenvalue weighted by Gasteiger charge is 2.04. The molecule has 15 heavy (non-hydrogen) atoms. The van der Waals surface area contributed by atoms with Gasteiger partial charge in [0, 0.05) is 24.8 Å². The zero-order valence-electron chi connectivity index (χ0n) is 8.51. The molecule has 0 aliphatic carbocycles. The number of carboxylic acid groups (broad SMARTS) is 1. The van der Waals surface area contributed by atoms with Gasteiger partial charge in [-0.3, -0.25) is 9.59 Å². The minimum absolute atomic E-state index is 0.0851. The van der Waals surface area contributed by atoms with Gasteiger partial charge in [-0.2, -0.15) is 0 Å². The third-order valence-electron chi connectivity index (χ3n) is 2.11. The molecule has 0 aliphatic rings. The number of benzene rings is 1. The second-order valence-electron chi connectivity index (χ2n) is 3.28. The van der Waals surface area contributed by atoms with Crippen LogP contribution in [0.1, 0.15) is 16.8 Å². The Hall–Kier alpha value is -1.84. The lowest BCUT2D eigenvalue weighted by atomic mass is 10.2. The Morgan fingerprint density at radius 2 is 2.27 bits per heavy atom. The maximum atomic E-state index is 10.5. The Labute approximate surface area is 88.1 Å². The first-order chi connectivity index (χ1) is 7.13. The Morgan fingerprint density at radius 3 is 2.87 bits per heavy atom. The average Bonchev–Trinajstić information content (AvgIpc) is 2.26. The van der Waals surface area contributed by atoms with Crippen molar-refractivity contribution in [3.8, 4) is 0 Å². The quantitative estimate of drug-likeness (QED) is 0.742. The monoisotopic (exact) mass is 207 g/mol. The summed E-state index contributed by atoms with van der Waals surface area (Å²) in [6.45, 7) is 0.428. The van der Waals surface area contributed by atoms with Crippen LogP contribution in [-0.4, -0.2) is 31.0 Å². The van der Waals surface area contributed by atoms with Gasteiger partial charge in [-0.15, -0.1) is 0 Å². The van der Waals surface area contributed by atoms with Crippen LogP contribution in [-0.2, 0) is 4.79 Å². The van der Waals surface area contributed by atoms with Crippen molar-refractivity contribution in [1.29, 1.82) is 0 Å². The lowest BCUT2D eigenvalue weighted by Crippen LogP contribution is -2.20. The van der Waals surface area contributed by atoms with Crippen LogP contribution in [0.25, 0.3) is 0 Å². The highest BCUT2D eigenvalue weighted by molar-refractivity contribution is 5.77. The molecule has 0 aliphatic heterocycles. The van der Waals surface area contributed by atoms with Gasteiger partial charge in [0.1, 0.15) is 6.29 Å². The summed E-state index contributed by atoms with van der Waals surface area (Å²) in [6, 6.07) is 7.06. The number of carbonyl (C=O) groups is 2. The number of aliphatic carboxylic acids is 1. The predicted molar refractivity (Wildman–Crippen MR) is 57.4 cm³/mol. The minimum atomic E-state index is -0.826. The highest BCUT2D eigenvalue weighted by Crippen LogP contribution is 2.13. The zero-order chi connectivity index (χ0) is 11.3. The van der Waals surface area contributed by atoms with Crippen LogP contribution in [0, 0.1) is 0 Å². The second-order valence-corrected chi connectivity index (χ2v) is 3.28. The molecule has 0 atom stereocenters. The van der Waals surface area contributed by atoms with Gasteiger partial charge in [-0.05, 0) is 12.1 Å². The molecule has 0 heterocycles. The third-order valence-corrected chi connectivity index (χ3v) is 2.11. The molecule has 0 fully saturated rings. The number of aldehydes is 1. The lowest BCUT2D eigenvalue weighted by molar-refractivity contribution is -0.136. The van der Waals surface area contributed by atoms with Gasteiger partial charge in [0.25, 0.3) is 0 Å². The molecule has 0 radical (unpaired) electrons. The summed E-state index contributed by atoms with van der Waals surface area (Å²) in [5.41, 5.74) is 1.44. The van der Waals surface area contributed by atoms with E-state index in [1.807, 2.05) is 6.07 Å². The molecule has 4 heteroatoms. The predicted octanol–water partition coefficient (Wildman–Crippen LogP) is 1.41. The summed E-state index contributed by atoms with van der Waals surface area (Å²) < 4.78 is 0. The van der Waals surface area contributed by atoms with E-state index in [2.05, 4.69) is 0 Å². The van der Waals surface area contributed by atoms with Gasteiger partial charge >= 0.3 is 5.97 Å². The Bertz CT molecular complexity index is 363. The smallest absolute Gasteiger partial charge is 0.305 e. The van der Waals surface area contributed by atoms with Gasteiger partial charge < -0.3 is 10.0 Å². The average molecular weight is 207 g/mol. The summed E-state index contributed by atoms with van der Waals surface area (Å²) in [6.07, 6.45) is 0.857. The number of rotatable bonds is 5. The number of hydrogen-bond acceptors (Lipinski definition) is 3. The Kier molecular flexibility index (Phi) is 3.85. The summed E-state index contributed by atoms with van der Waals surface area (Å²) in [4.78, 5) is 22.7. The van der Waals surface area contributed by atoms with Crippen LogP contribution in [0.15, 0.2) is 24.3 Å². The van der Waals surface area contributed by atoms with Crippen LogP contribution in [0.2, 0.25) is 0 Å². The van der Waals surface area contributed by atoms with Gasteiger partial charge in [0.15, 0.2) is 0 Å². The first-order valence-electron chi connectivity index (χ1n) is 4.61. The van der Waals surface area contributed by atoms with E-state index in [4.69, 9.17) is 5.11 Å². The van der Waals surface area contributed by atoms with Crippen LogP contribution in [0.3, 0.4) is 0 Å². The Balaban J connectivity index is 2.68. The molecule has 0 saturated heterocycles. The fourth-order valence-electron chi connectivity index (χ4n) is 1.23. The maximum absolute atomic E-state index is 10.5. The van der Waals surface area contributed by atoms with E-state index in [0.29, 0.717) is 12.1 Å². The number of hydrogen-bond donors (Lipinski definition) is 1. The fourth-order valence-corrected chi connectivity index (χ4v) is 1.23. The van der Waals surface area contributed by atoms with Crippen molar-refractivity contribution in [3.63, 3.8) is 0 Å². The number of anilines is 1. The van der Waals surface area contributed by atoms with Crippen LogP contribution < -0.4 is 4.90 Å². The molecule has 1 N–H and O–H groups in total. The number of carbonyl (C=O) groups excluding carboxylic acids is 1. The molecule has 1 aromatic carbocycles. The Morgan fingerprint density at radius 1 is 1.53 bits per heavy atom. The molecule has 0 amide bonds. The first kappa shape index (κ1) is 11.2. The number of nitrogens with zero attached hydrogens (tertiary/aromatic N) is 1. The first-order valence-corrected chi connectivity index (χ1v) is 4.61. The van der Waals surface area contributed by atoms with Crippen molar-refractivity contribution >= 4 is 17.9 Å². The molecule has 1 rings (SSSR count). The standard InChI is InChI=1S/C11H13NO3/c1-12(6-5-11(14)15)10-4-2-3-9(7-10)8-13/h2-4,7-8H,5-6H2,1H3,(H,14,15). The molecule has 0 bridgehead atoms. The second kappa shape index (κ2) is 5.14. The molecule has 0 aromatic heterocycles. The zero-order valence-corrected chi connectivity index (χ0v) is 8.51. The van der Waals surface area contributed by atoms with Gasteiger partial charge in [-0.1, -0.05) is 12.1 Å². The van der Waals surface area contributed by atoms with E-state index in [0.717, 1.165) is 12.0 Å². The summed E-state index contributed by atoms with van der Waals surface area (Å²) in [7, 11) is 1.80. The largest absolute Gasteiger partial charge is 0.481 e. The van der Waals surface area contributed by atoms with E-state index in [1.54, 1.807) is 30.1 Å². The normalized spacial score (nSPS) is 9.67. The highest BCUT2D eigenvalue weighted by atomic mass is 16.4. The SMILES string of the molecule is CN(CCC(=O)O)c1cccc(C=O)c1. The van der Waals surface area contributed by atoms with Crippen LogP contribution in [0.4, 0.5) is 5.69 Å². The summed E-state index contributed by atoms with van der Waals surface area (Å²) >= 11 is 0. The maximum Gasteiger partial charge on any atom is 0.305 e. The molecule has 1 aromatic rings. The van der Waals surface area contributed by atoms with Crippen molar-refractivity contribution in [2.75, 3.05) is 18.5 Å². The molecule has 0 saturated carbocycles. The molecule has 80 valence electrons. The van der Waals surface area contributed by atoms with Crippen molar-refractivity contribution in [2.45, 2.75) is 6.42 Å². The molecule has 0 unspecified atom stereocenters. The number of carboxylic acids is 1. The summed E-state index contributed by atoms with van der Waals surface area (Å²) in [5.74, 6) is -0.826. The van der Waals surface area contributed by atoms with Crippen molar-refractivity contribution in [3.05, 3.63) is 29.8 Å². The van der Waals surface area contributed by atoms with Crippen LogP contribution >= 0.6 is 0 Å². The van der Waals surface area contributed by atoms with Crippen LogP contribution in [0.5, 0.6) is 0 Å². The summed E-state index contributed by atoms with van der Waals surface area (Å²) in [5, 5.41) is 8.53. The molecular formula is C11H13NO3. The van der Waals surface area contributed by atoms with Crippen molar-refractivity contribution in [2.24, 2.45) is 0 Å². The van der Waals surface area contributed by atoms with E-state index < -0.39 is 5.97 Å². The van der Waals surface area contributed by atoms with Gasteiger partial charge in [0.2, 0.25) is 0 Å². The molecule has 0 spiro atoms. The third kappa shape index (κ3) is 3.42. The molecule has 4 nitrogen and oxygen atoms in total. The van der Waals surface area contributed by atoms with E-state index in [9.17, 15) is 9.59 Å². The van der Waals surface area contributed by atoms with E-state index in [1.165, 1.54) is 0 Å². The molecular weight excluding hydrogens is 194 g/mol. The van der Waals surface area contributed by atoms with Crippen molar-refractivity contribution in [1.82, 2.24) is 0 Å².